The van der Waals surface area contributed by atoms with Gasteiger partial charge in [0.2, 0.25) is 11.8 Å². The predicted molar refractivity (Wildman–Crippen MR) is 109 cm³/mol. The van der Waals surface area contributed by atoms with Gasteiger partial charge < -0.3 is 15.2 Å². The highest BCUT2D eigenvalue weighted by Gasteiger charge is 2.32. The van der Waals surface area contributed by atoms with Gasteiger partial charge in [-0.05, 0) is 26.0 Å². The van der Waals surface area contributed by atoms with Gasteiger partial charge in [-0.15, -0.1) is 13.2 Å². The van der Waals surface area contributed by atoms with Crippen LogP contribution >= 0.6 is 15.9 Å². The minimum Gasteiger partial charge on any atom is -0.361 e. The molecule has 2 N–H and O–H groups in total. The summed E-state index contributed by atoms with van der Waals surface area (Å²) in [5.41, 5.74) is 1.64. The Labute approximate surface area is 162 Å². The highest BCUT2D eigenvalue weighted by Crippen LogP contribution is 2.34. The fourth-order valence-corrected chi connectivity index (χ4v) is 3.52. The van der Waals surface area contributed by atoms with E-state index in [2.05, 4.69) is 39.4 Å². The van der Waals surface area contributed by atoms with Crippen molar-refractivity contribution in [3.8, 4) is 0 Å². The van der Waals surface area contributed by atoms with E-state index < -0.39 is 6.04 Å². The first-order chi connectivity index (χ1) is 12.4. The van der Waals surface area contributed by atoms with E-state index in [9.17, 15) is 9.59 Å². The average Bonchev–Trinajstić information content (AvgIpc) is 2.99. The van der Waals surface area contributed by atoms with E-state index in [1.807, 2.05) is 32.0 Å². The Hall–Kier alpha value is -2.34. The summed E-state index contributed by atoms with van der Waals surface area (Å²) in [5.74, 6) is -0.402. The smallest absolute Gasteiger partial charge is 0.247 e. The molecule has 1 unspecified atom stereocenters. The van der Waals surface area contributed by atoms with Gasteiger partial charge in [0.1, 0.15) is 6.04 Å². The molecule has 0 fully saturated rings. The van der Waals surface area contributed by atoms with Gasteiger partial charge in [-0.1, -0.05) is 34.1 Å². The SMILES string of the molecule is C=CCC(=O)N(CC=C)C(C(=O)NC(C)C)c1c[nH]c2cccc(Br)c12. The summed E-state index contributed by atoms with van der Waals surface area (Å²) in [7, 11) is 0. The molecule has 2 aromatic rings. The van der Waals surface area contributed by atoms with Crippen LogP contribution in [0.5, 0.6) is 0 Å². The van der Waals surface area contributed by atoms with Crippen LogP contribution < -0.4 is 5.32 Å². The first-order valence-corrected chi connectivity index (χ1v) is 9.27. The number of nitrogens with one attached hydrogen (secondary N) is 2. The maximum absolute atomic E-state index is 13.0. The summed E-state index contributed by atoms with van der Waals surface area (Å²) in [5, 5.41) is 3.82. The molecule has 0 aliphatic carbocycles. The lowest BCUT2D eigenvalue weighted by Crippen LogP contribution is -2.45. The molecule has 6 heteroatoms. The molecular formula is C20H24BrN3O2. The Kier molecular flexibility index (Phi) is 6.80. The fourth-order valence-electron chi connectivity index (χ4n) is 2.93. The molecule has 2 amide bonds. The van der Waals surface area contributed by atoms with Gasteiger partial charge in [-0.25, -0.2) is 0 Å². The lowest BCUT2D eigenvalue weighted by atomic mass is 10.0. The zero-order chi connectivity index (χ0) is 19.3. The van der Waals surface area contributed by atoms with Crippen molar-refractivity contribution >= 4 is 38.6 Å². The number of amides is 2. The van der Waals surface area contributed by atoms with E-state index in [0.717, 1.165) is 20.9 Å². The van der Waals surface area contributed by atoms with Crippen LogP contribution in [0.4, 0.5) is 0 Å². The molecule has 26 heavy (non-hydrogen) atoms. The number of nitrogens with zero attached hydrogens (tertiary/aromatic N) is 1. The molecule has 0 aliphatic heterocycles. The van der Waals surface area contributed by atoms with Crippen molar-refractivity contribution in [1.82, 2.24) is 15.2 Å². The van der Waals surface area contributed by atoms with Crippen LogP contribution in [-0.4, -0.2) is 34.3 Å². The van der Waals surface area contributed by atoms with E-state index >= 15 is 0 Å². The molecule has 0 saturated heterocycles. The van der Waals surface area contributed by atoms with Gasteiger partial charge in [-0.2, -0.15) is 0 Å². The third-order valence-electron chi connectivity index (χ3n) is 3.94. The van der Waals surface area contributed by atoms with E-state index in [0.29, 0.717) is 0 Å². The highest BCUT2D eigenvalue weighted by atomic mass is 79.9. The van der Waals surface area contributed by atoms with Crippen molar-refractivity contribution in [2.75, 3.05) is 6.54 Å². The van der Waals surface area contributed by atoms with Crippen LogP contribution in [0.1, 0.15) is 31.9 Å². The van der Waals surface area contributed by atoms with Crippen molar-refractivity contribution < 1.29 is 9.59 Å². The molecule has 0 spiro atoms. The van der Waals surface area contributed by atoms with Gasteiger partial charge in [0, 0.05) is 46.1 Å². The first kappa shape index (κ1) is 20.0. The summed E-state index contributed by atoms with van der Waals surface area (Å²) in [6, 6.07) is 4.96. The number of fused-ring (bicyclic) bond motifs is 1. The second kappa shape index (κ2) is 8.85. The topological polar surface area (TPSA) is 65.2 Å². The minimum absolute atomic E-state index is 0.0428. The number of benzene rings is 1. The molecule has 2 rings (SSSR count). The molecule has 1 aromatic heterocycles. The maximum atomic E-state index is 13.0. The molecule has 1 heterocycles. The van der Waals surface area contributed by atoms with Gasteiger partial charge in [0.15, 0.2) is 0 Å². The third-order valence-corrected chi connectivity index (χ3v) is 4.60. The standard InChI is InChI=1S/C20H24BrN3O2/c1-5-8-17(25)24(11-6-2)19(20(26)23-13(3)4)14-12-22-16-10-7-9-15(21)18(14)16/h5-7,9-10,12-13,19,22H,1-2,8,11H2,3-4H3,(H,23,26). The summed E-state index contributed by atoms with van der Waals surface area (Å²) in [6.07, 6.45) is 5.11. The highest BCUT2D eigenvalue weighted by molar-refractivity contribution is 9.10. The number of rotatable bonds is 8. The lowest BCUT2D eigenvalue weighted by molar-refractivity contribution is -0.139. The predicted octanol–water partition coefficient (Wildman–Crippen LogP) is 4.09. The van der Waals surface area contributed by atoms with Crippen molar-refractivity contribution in [2.45, 2.75) is 32.4 Å². The van der Waals surface area contributed by atoms with Crippen molar-refractivity contribution in [3.63, 3.8) is 0 Å². The number of aromatic nitrogens is 1. The van der Waals surface area contributed by atoms with Crippen LogP contribution in [0, 0.1) is 0 Å². The van der Waals surface area contributed by atoms with E-state index in [-0.39, 0.29) is 30.8 Å². The number of carbonyl (C=O) groups excluding carboxylic acids is 2. The number of carbonyl (C=O) groups is 2. The summed E-state index contributed by atoms with van der Waals surface area (Å²) >= 11 is 3.56. The maximum Gasteiger partial charge on any atom is 0.247 e. The Morgan fingerprint density at radius 1 is 1.31 bits per heavy atom. The van der Waals surface area contributed by atoms with Crippen LogP contribution in [0.3, 0.4) is 0 Å². The summed E-state index contributed by atoms with van der Waals surface area (Å²) < 4.78 is 0.864. The number of halogens is 1. The Balaban J connectivity index is 2.62. The summed E-state index contributed by atoms with van der Waals surface area (Å²) in [6.45, 7) is 11.4. The Morgan fingerprint density at radius 2 is 2.04 bits per heavy atom. The van der Waals surface area contributed by atoms with Crippen molar-refractivity contribution in [3.05, 3.63) is 59.7 Å². The summed E-state index contributed by atoms with van der Waals surface area (Å²) in [4.78, 5) is 30.5. The van der Waals surface area contributed by atoms with E-state index in [4.69, 9.17) is 0 Å². The van der Waals surface area contributed by atoms with Crippen LogP contribution in [0.25, 0.3) is 10.9 Å². The van der Waals surface area contributed by atoms with Crippen molar-refractivity contribution in [1.29, 1.82) is 0 Å². The fraction of sp³-hybridized carbons (Fsp3) is 0.300. The van der Waals surface area contributed by atoms with E-state index in [1.165, 1.54) is 4.90 Å². The van der Waals surface area contributed by atoms with Gasteiger partial charge in [-0.3, -0.25) is 9.59 Å². The Morgan fingerprint density at radius 3 is 2.65 bits per heavy atom. The third kappa shape index (κ3) is 4.25. The molecule has 1 aromatic carbocycles. The molecule has 0 radical (unpaired) electrons. The largest absolute Gasteiger partial charge is 0.361 e. The second-order valence-corrected chi connectivity index (χ2v) is 7.15. The van der Waals surface area contributed by atoms with Gasteiger partial charge in [0.25, 0.3) is 0 Å². The molecule has 0 aliphatic rings. The Bertz CT molecular complexity index is 826. The van der Waals surface area contributed by atoms with Crippen molar-refractivity contribution in [2.24, 2.45) is 0 Å². The number of aromatic amines is 1. The average molecular weight is 418 g/mol. The second-order valence-electron chi connectivity index (χ2n) is 6.30. The lowest BCUT2D eigenvalue weighted by Gasteiger charge is -2.30. The van der Waals surface area contributed by atoms with Crippen LogP contribution in [0.15, 0.2) is 54.2 Å². The molecule has 1 atom stereocenters. The van der Waals surface area contributed by atoms with Gasteiger partial charge >= 0.3 is 0 Å². The normalized spacial score (nSPS) is 12.0. The van der Waals surface area contributed by atoms with Crippen LogP contribution in [0.2, 0.25) is 0 Å². The molecule has 0 bridgehead atoms. The quantitative estimate of drug-likeness (QED) is 0.635. The van der Waals surface area contributed by atoms with Gasteiger partial charge in [0.05, 0.1) is 0 Å². The minimum atomic E-state index is -0.768. The molecule has 138 valence electrons. The zero-order valence-corrected chi connectivity index (χ0v) is 16.7. The van der Waals surface area contributed by atoms with Crippen LogP contribution in [-0.2, 0) is 9.59 Å². The number of hydrogen-bond acceptors (Lipinski definition) is 2. The molecule has 0 saturated carbocycles. The first-order valence-electron chi connectivity index (χ1n) is 8.47. The molecule has 5 nitrogen and oxygen atoms in total. The monoisotopic (exact) mass is 417 g/mol. The zero-order valence-electron chi connectivity index (χ0n) is 15.1. The number of hydrogen-bond donors (Lipinski definition) is 2. The van der Waals surface area contributed by atoms with E-state index in [1.54, 1.807) is 18.3 Å². The molecular weight excluding hydrogens is 394 g/mol. The number of H-pyrrole nitrogens is 1.